The van der Waals surface area contributed by atoms with E-state index >= 15 is 0 Å². The molecule has 77 valence electrons. The average molecular weight is 206 g/mol. The third kappa shape index (κ3) is 2.87. The molecule has 1 aromatic rings. The number of methoxy groups -OCH3 is 1. The van der Waals surface area contributed by atoms with E-state index in [1.54, 1.807) is 18.2 Å². The number of rotatable bonds is 5. The standard InChI is InChI=1S/C9H9BNO4/c1-13-6-14-9-7(5-11)3-2-4-8(9)15-10-12/h2-4,12H,6H2,1H3. The maximum atomic E-state index is 8.81. The van der Waals surface area contributed by atoms with Crippen molar-refractivity contribution in [1.29, 1.82) is 5.26 Å². The molecule has 0 bridgehead atoms. The van der Waals surface area contributed by atoms with Gasteiger partial charge in [0.25, 0.3) is 0 Å². The zero-order valence-electron chi connectivity index (χ0n) is 8.14. The highest BCUT2D eigenvalue weighted by atomic mass is 16.7. The normalized spacial score (nSPS) is 9.13. The summed E-state index contributed by atoms with van der Waals surface area (Å²) >= 11 is 0. The number of ether oxygens (including phenoxy) is 2. The van der Waals surface area contributed by atoms with E-state index in [1.807, 2.05) is 6.07 Å². The molecule has 0 amide bonds. The maximum Gasteiger partial charge on any atom is 0.569 e. The second-order valence-electron chi connectivity index (χ2n) is 2.52. The van der Waals surface area contributed by atoms with Gasteiger partial charge >= 0.3 is 7.69 Å². The van der Waals surface area contributed by atoms with Gasteiger partial charge in [0.2, 0.25) is 0 Å². The second kappa shape index (κ2) is 5.91. The molecule has 5 nitrogen and oxygen atoms in total. The lowest BCUT2D eigenvalue weighted by Gasteiger charge is -2.11. The quantitative estimate of drug-likeness (QED) is 0.559. The summed E-state index contributed by atoms with van der Waals surface area (Å²) in [4.78, 5) is 0. The summed E-state index contributed by atoms with van der Waals surface area (Å²) in [5.41, 5.74) is 0.311. The van der Waals surface area contributed by atoms with Crippen LogP contribution in [0.3, 0.4) is 0 Å². The minimum Gasteiger partial charge on any atom is -0.535 e. The van der Waals surface area contributed by atoms with Crippen LogP contribution >= 0.6 is 0 Å². The molecule has 0 aromatic heterocycles. The Morgan fingerprint density at radius 3 is 2.93 bits per heavy atom. The zero-order chi connectivity index (χ0) is 11.1. The highest BCUT2D eigenvalue weighted by molar-refractivity contribution is 6.17. The molecule has 0 atom stereocenters. The Bertz CT molecular complexity index is 364. The Morgan fingerprint density at radius 2 is 2.33 bits per heavy atom. The van der Waals surface area contributed by atoms with Crippen LogP contribution in [0, 0.1) is 11.3 Å². The highest BCUT2D eigenvalue weighted by Crippen LogP contribution is 2.30. The van der Waals surface area contributed by atoms with Crippen LogP contribution in [0.5, 0.6) is 11.5 Å². The van der Waals surface area contributed by atoms with Gasteiger partial charge in [-0.3, -0.25) is 0 Å². The van der Waals surface area contributed by atoms with Gasteiger partial charge in [-0.25, -0.2) is 0 Å². The summed E-state index contributed by atoms with van der Waals surface area (Å²) in [5.74, 6) is 0.501. The van der Waals surface area contributed by atoms with Crippen LogP contribution in [0.15, 0.2) is 18.2 Å². The molecule has 0 aliphatic carbocycles. The Hall–Kier alpha value is -1.71. The third-order valence-electron chi connectivity index (χ3n) is 1.60. The minimum atomic E-state index is 0.000478. The van der Waals surface area contributed by atoms with Gasteiger partial charge in [0.1, 0.15) is 11.8 Å². The Labute approximate surface area is 88.1 Å². The predicted octanol–water partition coefficient (Wildman–Crippen LogP) is 0.446. The maximum absolute atomic E-state index is 8.81. The summed E-state index contributed by atoms with van der Waals surface area (Å²) in [5, 5.41) is 17.3. The molecule has 0 saturated heterocycles. The smallest absolute Gasteiger partial charge is 0.535 e. The van der Waals surface area contributed by atoms with Gasteiger partial charge in [-0.1, -0.05) is 6.07 Å². The van der Waals surface area contributed by atoms with Crippen LogP contribution in [0.2, 0.25) is 0 Å². The SMILES string of the molecule is COCOc1c(C#N)cccc1O[B]O. The summed E-state index contributed by atoms with van der Waals surface area (Å²) in [6.45, 7) is 0.000478. The van der Waals surface area contributed by atoms with Crippen molar-refractivity contribution < 1.29 is 19.2 Å². The Balaban J connectivity index is 2.99. The summed E-state index contributed by atoms with van der Waals surface area (Å²) in [6.07, 6.45) is 0. The first-order valence-electron chi connectivity index (χ1n) is 4.11. The Kier molecular flexibility index (Phi) is 4.48. The molecule has 0 saturated carbocycles. The van der Waals surface area contributed by atoms with E-state index in [0.717, 1.165) is 0 Å². The van der Waals surface area contributed by atoms with Crippen molar-refractivity contribution in [3.05, 3.63) is 23.8 Å². The number of hydrogen-bond acceptors (Lipinski definition) is 5. The largest absolute Gasteiger partial charge is 0.569 e. The fraction of sp³-hybridized carbons (Fsp3) is 0.222. The van der Waals surface area contributed by atoms with Crippen molar-refractivity contribution in [2.24, 2.45) is 0 Å². The number of benzene rings is 1. The van der Waals surface area contributed by atoms with Crippen molar-refractivity contribution in [3.63, 3.8) is 0 Å². The molecular formula is C9H9BNO4. The molecule has 15 heavy (non-hydrogen) atoms. The summed E-state index contributed by atoms with van der Waals surface area (Å²) in [7, 11) is 1.99. The van der Waals surface area contributed by atoms with Crippen LogP contribution in [-0.2, 0) is 4.74 Å². The van der Waals surface area contributed by atoms with Gasteiger partial charge in [-0.2, -0.15) is 5.26 Å². The summed E-state index contributed by atoms with van der Waals surface area (Å²) in [6, 6.07) is 6.72. The van der Waals surface area contributed by atoms with Crippen molar-refractivity contribution in [2.75, 3.05) is 13.9 Å². The van der Waals surface area contributed by atoms with E-state index < -0.39 is 0 Å². The first-order valence-corrected chi connectivity index (χ1v) is 4.11. The minimum absolute atomic E-state index is 0.000478. The van der Waals surface area contributed by atoms with Gasteiger partial charge in [-0.15, -0.1) is 0 Å². The van der Waals surface area contributed by atoms with Crippen molar-refractivity contribution in [3.8, 4) is 17.6 Å². The number of para-hydroxylation sites is 1. The predicted molar refractivity (Wildman–Crippen MR) is 52.3 cm³/mol. The molecular weight excluding hydrogens is 197 g/mol. The van der Waals surface area contributed by atoms with E-state index in [1.165, 1.54) is 7.11 Å². The van der Waals surface area contributed by atoms with E-state index in [-0.39, 0.29) is 18.3 Å². The Morgan fingerprint density at radius 1 is 1.53 bits per heavy atom. The highest BCUT2D eigenvalue weighted by Gasteiger charge is 2.10. The molecule has 1 radical (unpaired) electrons. The van der Waals surface area contributed by atoms with Crippen LogP contribution < -0.4 is 9.39 Å². The lowest BCUT2D eigenvalue weighted by Crippen LogP contribution is -2.06. The topological polar surface area (TPSA) is 71.7 Å². The monoisotopic (exact) mass is 206 g/mol. The molecule has 0 aliphatic rings. The van der Waals surface area contributed by atoms with Gasteiger partial charge < -0.3 is 19.2 Å². The van der Waals surface area contributed by atoms with Gasteiger partial charge in [-0.05, 0) is 12.1 Å². The lowest BCUT2D eigenvalue weighted by atomic mass is 10.2. The third-order valence-corrected chi connectivity index (χ3v) is 1.60. The van der Waals surface area contributed by atoms with Crippen molar-refractivity contribution in [2.45, 2.75) is 0 Å². The molecule has 1 N–H and O–H groups in total. The lowest BCUT2D eigenvalue weighted by molar-refractivity contribution is 0.0495. The fourth-order valence-corrected chi connectivity index (χ4v) is 1.02. The van der Waals surface area contributed by atoms with Gasteiger partial charge in [0.05, 0.1) is 5.56 Å². The van der Waals surface area contributed by atoms with Crippen LogP contribution in [0.1, 0.15) is 5.56 Å². The fourth-order valence-electron chi connectivity index (χ4n) is 1.02. The molecule has 1 aromatic carbocycles. The molecule has 0 spiro atoms. The number of hydrogen-bond donors (Lipinski definition) is 1. The first-order chi connectivity index (χ1) is 7.33. The first kappa shape index (κ1) is 11.4. The van der Waals surface area contributed by atoms with Crippen LogP contribution in [0.25, 0.3) is 0 Å². The molecule has 0 unspecified atom stereocenters. The van der Waals surface area contributed by atoms with Crippen molar-refractivity contribution >= 4 is 7.69 Å². The molecule has 0 heterocycles. The van der Waals surface area contributed by atoms with Gasteiger partial charge in [0, 0.05) is 7.11 Å². The number of nitriles is 1. The second-order valence-corrected chi connectivity index (χ2v) is 2.52. The van der Waals surface area contributed by atoms with E-state index in [0.29, 0.717) is 13.2 Å². The summed E-state index contributed by atoms with van der Waals surface area (Å²) < 4.78 is 14.7. The molecule has 0 fully saturated rings. The molecule has 0 aliphatic heterocycles. The van der Waals surface area contributed by atoms with Crippen LogP contribution in [0.4, 0.5) is 0 Å². The van der Waals surface area contributed by atoms with E-state index in [9.17, 15) is 0 Å². The molecule has 1 rings (SSSR count). The average Bonchev–Trinajstić information content (AvgIpc) is 2.27. The zero-order valence-corrected chi connectivity index (χ0v) is 8.14. The van der Waals surface area contributed by atoms with Gasteiger partial charge in [0.15, 0.2) is 12.5 Å². The molecule has 6 heteroatoms. The van der Waals surface area contributed by atoms with Crippen LogP contribution in [-0.4, -0.2) is 26.6 Å². The van der Waals surface area contributed by atoms with E-state index in [4.69, 9.17) is 24.4 Å². The number of nitrogens with zero attached hydrogens (tertiary/aromatic N) is 1. The van der Waals surface area contributed by atoms with Crippen molar-refractivity contribution in [1.82, 2.24) is 0 Å². The van der Waals surface area contributed by atoms with E-state index in [2.05, 4.69) is 0 Å².